The van der Waals surface area contributed by atoms with E-state index >= 15 is 0 Å². The van der Waals surface area contributed by atoms with Crippen molar-refractivity contribution in [1.29, 1.82) is 0 Å². The smallest absolute Gasteiger partial charge is 0.186 e. The van der Waals surface area contributed by atoms with E-state index in [4.69, 9.17) is 17.0 Å². The summed E-state index contributed by atoms with van der Waals surface area (Å²) in [4.78, 5) is 0. The van der Waals surface area contributed by atoms with Gasteiger partial charge in [0.2, 0.25) is 0 Å². The molecule has 2 N–H and O–H groups in total. The van der Waals surface area contributed by atoms with Gasteiger partial charge >= 0.3 is 0 Å². The fraction of sp³-hybridized carbons (Fsp3) is 0.200. The van der Waals surface area contributed by atoms with Crippen LogP contribution in [0.15, 0.2) is 47.7 Å². The van der Waals surface area contributed by atoms with Crippen molar-refractivity contribution in [2.45, 2.75) is 6.92 Å². The van der Waals surface area contributed by atoms with Gasteiger partial charge < -0.3 is 14.6 Å². The number of nitrogens with one attached hydrogen (secondary N) is 2. The lowest BCUT2D eigenvalue weighted by Crippen LogP contribution is -2.31. The first-order chi connectivity index (χ1) is 10.2. The van der Waals surface area contributed by atoms with E-state index in [0.29, 0.717) is 5.11 Å². The largest absolute Gasteiger partial charge is 0.497 e. The zero-order valence-electron chi connectivity index (χ0n) is 12.0. The Morgan fingerprint density at radius 2 is 2.10 bits per heavy atom. The van der Waals surface area contributed by atoms with E-state index in [9.17, 15) is 0 Å². The summed E-state index contributed by atoms with van der Waals surface area (Å²) < 4.78 is 7.19. The summed E-state index contributed by atoms with van der Waals surface area (Å²) in [6.07, 6.45) is 3.71. The van der Waals surface area contributed by atoms with E-state index in [2.05, 4.69) is 15.8 Å². The van der Waals surface area contributed by atoms with E-state index in [1.54, 1.807) is 13.3 Å². The molecule has 0 bridgehead atoms. The van der Waals surface area contributed by atoms with E-state index in [1.807, 2.05) is 54.1 Å². The second-order valence-corrected chi connectivity index (χ2v) is 4.64. The summed E-state index contributed by atoms with van der Waals surface area (Å²) in [6, 6.07) is 11.8. The Morgan fingerprint density at radius 3 is 2.76 bits per heavy atom. The van der Waals surface area contributed by atoms with Crippen molar-refractivity contribution in [2.24, 2.45) is 5.10 Å². The summed E-state index contributed by atoms with van der Waals surface area (Å²) in [7, 11) is 1.65. The Morgan fingerprint density at radius 1 is 1.33 bits per heavy atom. The Labute approximate surface area is 129 Å². The molecule has 0 amide bonds. The Bertz CT molecular complexity index is 619. The minimum absolute atomic E-state index is 0.510. The van der Waals surface area contributed by atoms with Gasteiger partial charge in [-0.15, -0.1) is 0 Å². The topological polar surface area (TPSA) is 50.6 Å². The van der Waals surface area contributed by atoms with E-state index in [0.717, 1.165) is 23.7 Å². The fourth-order valence-corrected chi connectivity index (χ4v) is 2.03. The molecular weight excluding hydrogens is 284 g/mol. The fourth-order valence-electron chi connectivity index (χ4n) is 1.83. The lowest BCUT2D eigenvalue weighted by atomic mass is 10.3. The number of aromatic nitrogens is 1. The number of rotatable bonds is 5. The van der Waals surface area contributed by atoms with Gasteiger partial charge in [-0.05, 0) is 55.5 Å². The van der Waals surface area contributed by atoms with Crippen LogP contribution in [0.3, 0.4) is 0 Å². The molecule has 0 radical (unpaired) electrons. The van der Waals surface area contributed by atoms with Gasteiger partial charge in [-0.3, -0.25) is 5.43 Å². The molecule has 0 aliphatic rings. The molecule has 2 rings (SSSR count). The minimum Gasteiger partial charge on any atom is -0.497 e. The standard InChI is InChI=1S/C15H18N4OS/c1-3-16-15(21)18-17-11-13-5-4-10-19(13)12-6-8-14(20-2)9-7-12/h4-11H,3H2,1-2H3,(H2,16,18,21)/b17-11-. The first-order valence-electron chi connectivity index (χ1n) is 6.63. The van der Waals surface area contributed by atoms with Crippen LogP contribution in [-0.4, -0.2) is 29.5 Å². The van der Waals surface area contributed by atoms with Gasteiger partial charge in [0, 0.05) is 18.4 Å². The van der Waals surface area contributed by atoms with Crippen molar-refractivity contribution in [3.05, 3.63) is 48.3 Å². The Balaban J connectivity index is 2.10. The summed E-state index contributed by atoms with van der Waals surface area (Å²) in [5, 5.41) is 7.61. The third-order valence-corrected chi connectivity index (χ3v) is 3.07. The van der Waals surface area contributed by atoms with Gasteiger partial charge in [0.05, 0.1) is 19.0 Å². The quantitative estimate of drug-likeness (QED) is 0.505. The second kappa shape index (κ2) is 7.44. The molecule has 110 valence electrons. The average molecular weight is 302 g/mol. The van der Waals surface area contributed by atoms with Crippen molar-refractivity contribution in [3.8, 4) is 11.4 Å². The highest BCUT2D eigenvalue weighted by molar-refractivity contribution is 7.80. The monoisotopic (exact) mass is 302 g/mol. The summed E-state index contributed by atoms with van der Waals surface area (Å²) in [5.41, 5.74) is 4.76. The number of ether oxygens (including phenoxy) is 1. The molecule has 1 aromatic carbocycles. The van der Waals surface area contributed by atoms with Crippen LogP contribution in [0.25, 0.3) is 5.69 Å². The van der Waals surface area contributed by atoms with Crippen molar-refractivity contribution in [2.75, 3.05) is 13.7 Å². The first kappa shape index (κ1) is 15.1. The average Bonchev–Trinajstić information content (AvgIpc) is 2.96. The van der Waals surface area contributed by atoms with Crippen LogP contribution in [0.5, 0.6) is 5.75 Å². The number of benzene rings is 1. The third-order valence-electron chi connectivity index (χ3n) is 2.83. The Hall–Kier alpha value is -2.34. The molecule has 2 aromatic rings. The highest BCUT2D eigenvalue weighted by Gasteiger charge is 2.01. The van der Waals surface area contributed by atoms with Crippen LogP contribution >= 0.6 is 12.2 Å². The van der Waals surface area contributed by atoms with Gasteiger partial charge in [-0.25, -0.2) is 0 Å². The van der Waals surface area contributed by atoms with Crippen LogP contribution in [0.1, 0.15) is 12.6 Å². The highest BCUT2D eigenvalue weighted by Crippen LogP contribution is 2.16. The van der Waals surface area contributed by atoms with Crippen LogP contribution in [0.4, 0.5) is 0 Å². The molecule has 21 heavy (non-hydrogen) atoms. The molecule has 1 heterocycles. The van der Waals surface area contributed by atoms with E-state index in [-0.39, 0.29) is 0 Å². The van der Waals surface area contributed by atoms with Crippen LogP contribution < -0.4 is 15.5 Å². The number of hydrazone groups is 1. The van der Waals surface area contributed by atoms with Crippen LogP contribution in [-0.2, 0) is 0 Å². The normalized spacial score (nSPS) is 10.6. The predicted molar refractivity (Wildman–Crippen MR) is 89.3 cm³/mol. The Kier molecular flexibility index (Phi) is 5.34. The molecule has 6 heteroatoms. The van der Waals surface area contributed by atoms with E-state index in [1.165, 1.54) is 0 Å². The predicted octanol–water partition coefficient (Wildman–Crippen LogP) is 2.30. The SMILES string of the molecule is CCNC(=S)N/N=C\c1cccn1-c1ccc(OC)cc1. The minimum atomic E-state index is 0.510. The van der Waals surface area contributed by atoms with Crippen LogP contribution in [0.2, 0.25) is 0 Å². The second-order valence-electron chi connectivity index (χ2n) is 4.23. The number of hydrogen-bond donors (Lipinski definition) is 2. The zero-order chi connectivity index (χ0) is 15.1. The summed E-state index contributed by atoms with van der Waals surface area (Å²) >= 11 is 5.05. The maximum absolute atomic E-state index is 5.16. The van der Waals surface area contributed by atoms with Gasteiger partial charge in [0.1, 0.15) is 5.75 Å². The van der Waals surface area contributed by atoms with Gasteiger partial charge in [-0.2, -0.15) is 5.10 Å². The van der Waals surface area contributed by atoms with Crippen molar-refractivity contribution in [3.63, 3.8) is 0 Å². The summed E-state index contributed by atoms with van der Waals surface area (Å²) in [6.45, 7) is 2.75. The molecule has 5 nitrogen and oxygen atoms in total. The van der Waals surface area contributed by atoms with Crippen molar-refractivity contribution in [1.82, 2.24) is 15.3 Å². The molecular formula is C15H18N4OS. The lowest BCUT2D eigenvalue weighted by Gasteiger charge is -2.07. The van der Waals surface area contributed by atoms with Gasteiger partial charge in [0.25, 0.3) is 0 Å². The molecule has 0 aliphatic heterocycles. The molecule has 0 saturated heterocycles. The van der Waals surface area contributed by atoms with Crippen molar-refractivity contribution >= 4 is 23.5 Å². The van der Waals surface area contributed by atoms with Gasteiger partial charge in [0.15, 0.2) is 5.11 Å². The van der Waals surface area contributed by atoms with E-state index < -0.39 is 0 Å². The third kappa shape index (κ3) is 4.06. The first-order valence-corrected chi connectivity index (χ1v) is 7.04. The number of hydrogen-bond acceptors (Lipinski definition) is 3. The zero-order valence-corrected chi connectivity index (χ0v) is 12.9. The molecule has 1 aromatic heterocycles. The number of thiocarbonyl (C=S) groups is 1. The van der Waals surface area contributed by atoms with Crippen molar-refractivity contribution < 1.29 is 4.74 Å². The molecule has 0 spiro atoms. The highest BCUT2D eigenvalue weighted by atomic mass is 32.1. The number of nitrogens with zero attached hydrogens (tertiary/aromatic N) is 2. The summed E-state index contributed by atoms with van der Waals surface area (Å²) in [5.74, 6) is 0.832. The molecule has 0 atom stereocenters. The van der Waals surface area contributed by atoms with Crippen LogP contribution in [0, 0.1) is 0 Å². The number of methoxy groups -OCH3 is 1. The van der Waals surface area contributed by atoms with Gasteiger partial charge in [-0.1, -0.05) is 0 Å². The molecule has 0 unspecified atom stereocenters. The molecule has 0 saturated carbocycles. The maximum Gasteiger partial charge on any atom is 0.186 e. The molecule has 0 aliphatic carbocycles. The lowest BCUT2D eigenvalue weighted by molar-refractivity contribution is 0.415. The maximum atomic E-state index is 5.16. The molecule has 0 fully saturated rings.